The molecule has 0 radical (unpaired) electrons. The van der Waals surface area contributed by atoms with Crippen molar-refractivity contribution in [1.82, 2.24) is 15.5 Å². The van der Waals surface area contributed by atoms with Crippen molar-refractivity contribution in [2.45, 2.75) is 38.4 Å². The van der Waals surface area contributed by atoms with Gasteiger partial charge in [0.05, 0.1) is 7.11 Å². The van der Waals surface area contributed by atoms with Gasteiger partial charge in [0.2, 0.25) is 5.91 Å². The predicted molar refractivity (Wildman–Crippen MR) is 76.1 cm³/mol. The van der Waals surface area contributed by atoms with Crippen LogP contribution in [-0.4, -0.2) is 55.2 Å². The molecule has 1 saturated heterocycles. The number of nitrogens with two attached hydrogens (primary N) is 1. The predicted octanol–water partition coefficient (Wildman–Crippen LogP) is -0.610. The molecule has 0 aromatic heterocycles. The van der Waals surface area contributed by atoms with Gasteiger partial charge in [-0.25, -0.2) is 4.79 Å². The van der Waals surface area contributed by atoms with E-state index in [2.05, 4.69) is 15.4 Å². The molecule has 1 rings (SSSR count). The van der Waals surface area contributed by atoms with Gasteiger partial charge >= 0.3 is 6.09 Å². The van der Waals surface area contributed by atoms with E-state index in [0.29, 0.717) is 13.0 Å². The Hall–Kier alpha value is -1.83. The third-order valence-corrected chi connectivity index (χ3v) is 3.82. The van der Waals surface area contributed by atoms with Crippen LogP contribution < -0.4 is 16.4 Å². The highest BCUT2D eigenvalue weighted by Gasteiger charge is 2.46. The van der Waals surface area contributed by atoms with Gasteiger partial charge in [-0.2, -0.15) is 0 Å². The first kappa shape index (κ1) is 17.2. The van der Waals surface area contributed by atoms with Crippen LogP contribution in [0.2, 0.25) is 0 Å². The normalized spacial score (nSPS) is 20.9. The van der Waals surface area contributed by atoms with Crippen LogP contribution >= 0.6 is 0 Å². The number of hydrogen-bond acceptors (Lipinski definition) is 5. The molecule has 0 aromatic rings. The van der Waals surface area contributed by atoms with Crippen LogP contribution in [0, 0.1) is 5.92 Å². The molecule has 21 heavy (non-hydrogen) atoms. The molecule has 0 aromatic carbocycles. The summed E-state index contributed by atoms with van der Waals surface area (Å²) >= 11 is 0. The van der Waals surface area contributed by atoms with Crippen molar-refractivity contribution in [1.29, 1.82) is 0 Å². The third kappa shape index (κ3) is 3.44. The fourth-order valence-corrected chi connectivity index (χ4v) is 2.35. The van der Waals surface area contributed by atoms with Crippen LogP contribution in [0.5, 0.6) is 0 Å². The topological polar surface area (TPSA) is 114 Å². The number of nitrogens with one attached hydrogen (secondary N) is 2. The van der Waals surface area contributed by atoms with E-state index in [1.54, 1.807) is 13.8 Å². The largest absolute Gasteiger partial charge is 0.453 e. The number of rotatable bonds is 4. The Morgan fingerprint density at radius 1 is 1.38 bits per heavy atom. The van der Waals surface area contributed by atoms with E-state index in [0.717, 1.165) is 6.42 Å². The zero-order valence-electron chi connectivity index (χ0n) is 12.9. The second-order valence-electron chi connectivity index (χ2n) is 5.41. The fourth-order valence-electron chi connectivity index (χ4n) is 2.35. The number of ether oxygens (including phenoxy) is 1. The Bertz CT molecular complexity index is 426. The van der Waals surface area contributed by atoms with E-state index >= 15 is 0 Å². The summed E-state index contributed by atoms with van der Waals surface area (Å²) < 4.78 is 4.52. The monoisotopic (exact) mass is 300 g/mol. The minimum Gasteiger partial charge on any atom is -0.453 e. The molecule has 120 valence electrons. The number of hydrogen-bond donors (Lipinski definition) is 3. The molecule has 2 atom stereocenters. The first-order valence-corrected chi connectivity index (χ1v) is 6.95. The Morgan fingerprint density at radius 3 is 2.48 bits per heavy atom. The molecule has 4 N–H and O–H groups in total. The highest BCUT2D eigenvalue weighted by molar-refractivity contribution is 5.94. The van der Waals surface area contributed by atoms with Gasteiger partial charge in [-0.3, -0.25) is 14.9 Å². The summed E-state index contributed by atoms with van der Waals surface area (Å²) in [6, 6.07) is -0.552. The van der Waals surface area contributed by atoms with Crippen molar-refractivity contribution in [3.05, 3.63) is 0 Å². The standard InChI is InChI=1S/C13H24N4O4/c1-8(2)13(14,16-12(20)21-4)11(19)17-7-5-6-9(17)10(18)15-3/h8-9H,5-7,14H2,1-4H3,(H,15,18)(H,16,20)/t9-,13-/m0/s1. The van der Waals surface area contributed by atoms with Gasteiger partial charge in [-0.05, 0) is 18.8 Å². The summed E-state index contributed by atoms with van der Waals surface area (Å²) in [5.74, 6) is -1.07. The molecule has 8 heteroatoms. The van der Waals surface area contributed by atoms with Crippen molar-refractivity contribution in [2.24, 2.45) is 11.7 Å². The average Bonchev–Trinajstić information content (AvgIpc) is 2.94. The third-order valence-electron chi connectivity index (χ3n) is 3.82. The lowest BCUT2D eigenvalue weighted by Crippen LogP contribution is -2.69. The van der Waals surface area contributed by atoms with Crippen molar-refractivity contribution in [3.8, 4) is 0 Å². The lowest BCUT2D eigenvalue weighted by atomic mass is 9.95. The van der Waals surface area contributed by atoms with Crippen molar-refractivity contribution in [2.75, 3.05) is 20.7 Å². The minimum absolute atomic E-state index is 0.231. The quantitative estimate of drug-likeness (QED) is 0.599. The zero-order valence-corrected chi connectivity index (χ0v) is 12.9. The summed E-state index contributed by atoms with van der Waals surface area (Å²) in [5.41, 5.74) is 4.50. The summed E-state index contributed by atoms with van der Waals surface area (Å²) in [7, 11) is 2.72. The van der Waals surface area contributed by atoms with Crippen molar-refractivity contribution in [3.63, 3.8) is 0 Å². The molecule has 3 amide bonds. The number of nitrogens with zero attached hydrogens (tertiary/aromatic N) is 1. The van der Waals surface area contributed by atoms with Crippen molar-refractivity contribution < 1.29 is 19.1 Å². The average molecular weight is 300 g/mol. The van der Waals surface area contributed by atoms with Crippen LogP contribution in [0.15, 0.2) is 0 Å². The number of likely N-dealkylation sites (N-methyl/N-ethyl adjacent to an activating group) is 1. The van der Waals surface area contributed by atoms with Gasteiger partial charge in [-0.15, -0.1) is 0 Å². The summed E-state index contributed by atoms with van der Waals surface area (Å²) in [6.07, 6.45) is 0.517. The molecule has 8 nitrogen and oxygen atoms in total. The molecule has 0 spiro atoms. The van der Waals surface area contributed by atoms with Crippen LogP contribution in [0.4, 0.5) is 4.79 Å². The molecule has 0 unspecified atom stereocenters. The van der Waals surface area contributed by atoms with Gasteiger partial charge in [-0.1, -0.05) is 13.8 Å². The minimum atomic E-state index is -1.61. The summed E-state index contributed by atoms with van der Waals surface area (Å²) in [6.45, 7) is 3.88. The second kappa shape index (κ2) is 6.75. The SMILES string of the molecule is CNC(=O)[C@@H]1CCCN1C(=O)[C@@](N)(NC(=O)OC)C(C)C. The van der Waals surface area contributed by atoms with Gasteiger partial charge in [0, 0.05) is 13.6 Å². The van der Waals surface area contributed by atoms with E-state index in [-0.39, 0.29) is 11.8 Å². The second-order valence-corrected chi connectivity index (χ2v) is 5.41. The number of carbonyl (C=O) groups excluding carboxylic acids is 3. The number of carbonyl (C=O) groups is 3. The maximum absolute atomic E-state index is 12.7. The molecule has 1 heterocycles. The Morgan fingerprint density at radius 2 is 2.00 bits per heavy atom. The summed E-state index contributed by atoms with van der Waals surface area (Å²) in [4.78, 5) is 37.5. The Balaban J connectivity index is 3.00. The van der Waals surface area contributed by atoms with Crippen LogP contribution in [-0.2, 0) is 14.3 Å². The van der Waals surface area contributed by atoms with Gasteiger partial charge in [0.15, 0.2) is 5.66 Å². The van der Waals surface area contributed by atoms with Crippen LogP contribution in [0.3, 0.4) is 0 Å². The molecule has 1 aliphatic rings. The van der Waals surface area contributed by atoms with E-state index in [9.17, 15) is 14.4 Å². The molecular formula is C13H24N4O4. The first-order chi connectivity index (χ1) is 9.77. The smallest absolute Gasteiger partial charge is 0.408 e. The molecule has 0 bridgehead atoms. The number of methoxy groups -OCH3 is 1. The van der Waals surface area contributed by atoms with E-state index in [4.69, 9.17) is 5.73 Å². The Kier molecular flexibility index (Phi) is 5.54. The summed E-state index contributed by atoms with van der Waals surface area (Å²) in [5, 5.41) is 4.93. The molecule has 0 saturated carbocycles. The number of amides is 3. The fraction of sp³-hybridized carbons (Fsp3) is 0.769. The van der Waals surface area contributed by atoms with E-state index in [1.807, 2.05) is 0 Å². The highest BCUT2D eigenvalue weighted by Crippen LogP contribution is 2.23. The maximum Gasteiger partial charge on any atom is 0.408 e. The lowest BCUT2D eigenvalue weighted by Gasteiger charge is -2.37. The van der Waals surface area contributed by atoms with E-state index < -0.39 is 23.7 Å². The van der Waals surface area contributed by atoms with Gasteiger partial charge < -0.3 is 20.7 Å². The molecular weight excluding hydrogens is 276 g/mol. The maximum atomic E-state index is 12.7. The molecule has 1 aliphatic heterocycles. The highest BCUT2D eigenvalue weighted by atomic mass is 16.5. The van der Waals surface area contributed by atoms with Crippen molar-refractivity contribution >= 4 is 17.9 Å². The number of alkyl carbamates (subject to hydrolysis) is 1. The Labute approximate surface area is 124 Å². The van der Waals surface area contributed by atoms with E-state index in [1.165, 1.54) is 19.1 Å². The zero-order chi connectivity index (χ0) is 16.2. The number of likely N-dealkylation sites (tertiary alicyclic amines) is 1. The lowest BCUT2D eigenvalue weighted by molar-refractivity contribution is -0.145. The van der Waals surface area contributed by atoms with Gasteiger partial charge in [0.1, 0.15) is 6.04 Å². The van der Waals surface area contributed by atoms with Gasteiger partial charge in [0.25, 0.3) is 5.91 Å². The van der Waals surface area contributed by atoms with Crippen LogP contribution in [0.1, 0.15) is 26.7 Å². The molecule has 0 aliphatic carbocycles. The molecule has 1 fully saturated rings. The first-order valence-electron chi connectivity index (χ1n) is 6.95. The van der Waals surface area contributed by atoms with Crippen LogP contribution in [0.25, 0.3) is 0 Å².